The van der Waals surface area contributed by atoms with E-state index in [2.05, 4.69) is 209 Å². The molecule has 2 aliphatic carbocycles. The molecule has 0 saturated carbocycles. The van der Waals surface area contributed by atoms with Gasteiger partial charge in [0.1, 0.15) is 0 Å². The summed E-state index contributed by atoms with van der Waals surface area (Å²) in [5, 5.41) is 0. The maximum atomic E-state index is 4.01. The molecule has 3 heteroatoms. The zero-order chi connectivity index (χ0) is 43.8. The van der Waals surface area contributed by atoms with Gasteiger partial charge in [0.2, 0.25) is 0 Å². The van der Waals surface area contributed by atoms with Crippen LogP contribution in [0.5, 0.6) is 0 Å². The average Bonchev–Trinajstić information content (AvgIpc) is 3.75. The van der Waals surface area contributed by atoms with Gasteiger partial charge in [-0.2, -0.15) is 11.6 Å². The molecule has 0 amide bonds. The number of hydrogen-bond acceptors (Lipinski definition) is 0. The van der Waals surface area contributed by atoms with Crippen LogP contribution in [0.4, 0.5) is 0 Å². The number of hydrogen-bond donors (Lipinski definition) is 0. The van der Waals surface area contributed by atoms with Gasteiger partial charge in [0.15, 0.2) is 0 Å². The van der Waals surface area contributed by atoms with E-state index in [9.17, 15) is 0 Å². The fourth-order valence-corrected chi connectivity index (χ4v) is 9.31. The first-order valence-electron chi connectivity index (χ1n) is 21.8. The monoisotopic (exact) mass is 926 g/mol. The molecule has 1 unspecified atom stereocenters. The van der Waals surface area contributed by atoms with Crippen molar-refractivity contribution in [2.24, 2.45) is 11.3 Å². The Labute approximate surface area is 399 Å². The van der Waals surface area contributed by atoms with Crippen LogP contribution in [0.2, 0.25) is 0 Å². The van der Waals surface area contributed by atoms with Crippen LogP contribution in [-0.2, 0) is 41.5 Å². The van der Waals surface area contributed by atoms with Gasteiger partial charge in [0, 0.05) is 0 Å². The van der Waals surface area contributed by atoms with E-state index in [4.69, 9.17) is 0 Å². The van der Waals surface area contributed by atoms with Crippen molar-refractivity contribution in [1.82, 2.24) is 0 Å². The Morgan fingerprint density at radius 1 is 0.623 bits per heavy atom. The molecule has 0 heterocycles. The molecule has 5 aromatic carbocycles. The summed E-state index contributed by atoms with van der Waals surface area (Å²) >= 11 is 1.51. The molecule has 1 atom stereocenters. The third-order valence-corrected chi connectivity index (χ3v) is 12.6. The summed E-state index contributed by atoms with van der Waals surface area (Å²) in [5.41, 5.74) is 25.0. The number of aryl methyl sites for hydroxylation is 6. The molecule has 7 rings (SSSR count). The second-order valence-corrected chi connectivity index (χ2v) is 22.3. The summed E-state index contributed by atoms with van der Waals surface area (Å²) in [6.07, 6.45) is 9.94. The van der Waals surface area contributed by atoms with E-state index in [1.54, 1.807) is 0 Å². The number of rotatable bonds is 4. The number of fused-ring (bicyclic) bond motifs is 3. The van der Waals surface area contributed by atoms with Crippen LogP contribution in [0.1, 0.15) is 144 Å². The molecule has 0 aliphatic heterocycles. The summed E-state index contributed by atoms with van der Waals surface area (Å²) in [7, 11) is 0. The SMILES string of the molecule is CCC1[C-]=CC(C(C)(C)C)=C1.C[C](=[Zr+2])c1ccccc1.Cc1cc(C)c(-c2[c-]c3c(cc2C(C)(C)C)-c2cc(C(C)(C)C)c(-c4c(C)cc(C)cc4C)cc2C3)c(C)c1.[Cl-].[Cl-]. The summed E-state index contributed by atoms with van der Waals surface area (Å²) in [5.74, 6) is 0.573. The van der Waals surface area contributed by atoms with Crippen molar-refractivity contribution in [3.8, 4) is 33.4 Å². The van der Waals surface area contributed by atoms with E-state index < -0.39 is 0 Å². The predicted molar refractivity (Wildman–Crippen MR) is 256 cm³/mol. The van der Waals surface area contributed by atoms with Crippen molar-refractivity contribution in [2.75, 3.05) is 0 Å². The van der Waals surface area contributed by atoms with E-state index in [0.29, 0.717) is 11.3 Å². The van der Waals surface area contributed by atoms with E-state index >= 15 is 0 Å². The van der Waals surface area contributed by atoms with Crippen LogP contribution < -0.4 is 24.8 Å². The Hall–Kier alpha value is -3.09. The first-order valence-corrected chi connectivity index (χ1v) is 23.0. The predicted octanol–water partition coefficient (Wildman–Crippen LogP) is 9.98. The van der Waals surface area contributed by atoms with E-state index in [-0.39, 0.29) is 35.6 Å². The molecule has 0 N–H and O–H groups in total. The first kappa shape index (κ1) is 52.3. The van der Waals surface area contributed by atoms with Crippen LogP contribution in [-0.4, -0.2) is 3.21 Å². The Balaban J connectivity index is 0.000000370. The molecular weight excluding hydrogens is 859 g/mol. The van der Waals surface area contributed by atoms with Gasteiger partial charge in [0.25, 0.3) is 0 Å². The minimum absolute atomic E-state index is 0. The van der Waals surface area contributed by atoms with Crippen molar-refractivity contribution in [1.29, 1.82) is 0 Å². The molecule has 0 saturated heterocycles. The summed E-state index contributed by atoms with van der Waals surface area (Å²) in [6.45, 7) is 38.6. The van der Waals surface area contributed by atoms with Crippen LogP contribution >= 0.6 is 0 Å². The van der Waals surface area contributed by atoms with Crippen molar-refractivity contribution >= 4 is 3.21 Å². The topological polar surface area (TPSA) is 0 Å². The van der Waals surface area contributed by atoms with Gasteiger partial charge < -0.3 is 24.8 Å². The Morgan fingerprint density at radius 2 is 1.11 bits per heavy atom. The molecule has 5 aromatic rings. The Bertz CT molecular complexity index is 2250. The standard InChI is InChI=1S/C39H45.C11H17.C8H8.2ClH.Zr/c1-22-13-24(3)36(25(4)14-22)32-18-28-17-29-19-33(37-26(5)15-23(2)16-27(37)6)35(39(10,11)12)21-31(29)30(28)20-34(32)38(7,8)9;1-5-9-6-7-10(8-9)11(2,3)4;1-2-8-6-4-3-5-7-8;;;/h13-16,18,20-21H,17H2,1-12H3;7-9H,5H2,1-4H3;3-7H,1H3;2*1H;/q2*-1;;;;+2/p-2. The number of halogens is 2. The Kier molecular flexibility index (Phi) is 17.7. The van der Waals surface area contributed by atoms with Gasteiger partial charge >= 0.3 is 70.3 Å². The maximum absolute atomic E-state index is 4.01. The zero-order valence-electron chi connectivity index (χ0n) is 40.3. The second-order valence-electron chi connectivity index (χ2n) is 20.4. The molecule has 0 radical (unpaired) electrons. The van der Waals surface area contributed by atoms with Gasteiger partial charge in [-0.15, -0.1) is 28.8 Å². The molecule has 61 heavy (non-hydrogen) atoms. The smallest absolute Gasteiger partial charge is 0.0122 e. The fourth-order valence-electron chi connectivity index (χ4n) is 8.90. The van der Waals surface area contributed by atoms with Gasteiger partial charge in [-0.25, -0.2) is 6.08 Å². The molecule has 322 valence electrons. The first-order chi connectivity index (χ1) is 27.4. The molecule has 0 spiro atoms. The second kappa shape index (κ2) is 20.6. The quantitative estimate of drug-likeness (QED) is 0.155. The normalized spacial score (nSPS) is 14.0. The van der Waals surface area contributed by atoms with Gasteiger partial charge in [-0.1, -0.05) is 162 Å². The van der Waals surface area contributed by atoms with E-state index in [0.717, 1.165) is 6.42 Å². The minimum atomic E-state index is 0. The molecular formula is C58H70Cl2Zr-2. The van der Waals surface area contributed by atoms with Crippen LogP contribution in [0, 0.1) is 65.0 Å². The largest absolute Gasteiger partial charge is 1.00 e. The molecule has 0 fully saturated rings. The number of benzene rings is 5. The molecule has 0 nitrogen and oxygen atoms in total. The van der Waals surface area contributed by atoms with Crippen molar-refractivity contribution in [2.45, 2.75) is 141 Å². The molecule has 2 aliphatic rings. The number of allylic oxidation sites excluding steroid dienone is 4. The summed E-state index contributed by atoms with van der Waals surface area (Å²) < 4.78 is 1.46. The van der Waals surface area contributed by atoms with Gasteiger partial charge in [-0.3, -0.25) is 6.08 Å². The maximum Gasteiger partial charge on any atom is -0.0122 e. The van der Waals surface area contributed by atoms with Crippen LogP contribution in [0.3, 0.4) is 0 Å². The van der Waals surface area contributed by atoms with Crippen molar-refractivity contribution < 1.29 is 49.0 Å². The summed E-state index contributed by atoms with van der Waals surface area (Å²) in [4.78, 5) is 0. The van der Waals surface area contributed by atoms with Crippen molar-refractivity contribution in [3.63, 3.8) is 0 Å². The Morgan fingerprint density at radius 3 is 1.52 bits per heavy atom. The fraction of sp³-hybridized carbons (Fsp3) is 0.397. The molecule has 0 aromatic heterocycles. The third-order valence-electron chi connectivity index (χ3n) is 11.9. The van der Waals surface area contributed by atoms with Gasteiger partial charge in [0.05, 0.1) is 0 Å². The van der Waals surface area contributed by atoms with E-state index in [1.807, 2.05) is 6.07 Å². The van der Waals surface area contributed by atoms with E-state index in [1.165, 1.54) is 134 Å². The van der Waals surface area contributed by atoms with Crippen LogP contribution in [0.15, 0.2) is 90.5 Å². The van der Waals surface area contributed by atoms with Gasteiger partial charge in [-0.05, 0) is 92.2 Å². The van der Waals surface area contributed by atoms with Crippen LogP contribution in [0.25, 0.3) is 33.4 Å². The molecule has 0 bridgehead atoms. The minimum Gasteiger partial charge on any atom is -1.00 e. The summed E-state index contributed by atoms with van der Waals surface area (Å²) in [6, 6.07) is 31.3. The average molecular weight is 929 g/mol. The zero-order valence-corrected chi connectivity index (χ0v) is 44.3. The third kappa shape index (κ3) is 12.3. The van der Waals surface area contributed by atoms with Crippen molar-refractivity contribution in [3.05, 3.63) is 164 Å².